The fourth-order valence-electron chi connectivity index (χ4n) is 3.46. The van der Waals surface area contributed by atoms with Crippen LogP contribution in [0.15, 0.2) is 12.7 Å². The van der Waals surface area contributed by atoms with E-state index >= 15 is 0 Å². The van der Waals surface area contributed by atoms with Crippen LogP contribution in [-0.4, -0.2) is 7.11 Å². The molecule has 0 atom stereocenters. The second-order valence-corrected chi connectivity index (χ2v) is 7.63. The molecule has 0 amide bonds. The van der Waals surface area contributed by atoms with Gasteiger partial charge in [0.1, 0.15) is 0 Å². The minimum atomic E-state index is 1.12. The van der Waals surface area contributed by atoms with E-state index in [2.05, 4.69) is 6.58 Å². The SMILES string of the molecule is C=CCCCCCCCCCCCCCCCCCCCC[CH]OC. The largest absolute Gasteiger partial charge is 0.379 e. The zero-order valence-electron chi connectivity index (χ0n) is 17.4. The van der Waals surface area contributed by atoms with E-state index in [9.17, 15) is 0 Å². The maximum Gasteiger partial charge on any atom is 0.0832 e. The Balaban J connectivity index is 2.95. The van der Waals surface area contributed by atoms with Crippen molar-refractivity contribution in [2.75, 3.05) is 7.11 Å². The normalized spacial score (nSPS) is 11.1. The van der Waals surface area contributed by atoms with Gasteiger partial charge >= 0.3 is 0 Å². The highest BCUT2D eigenvalue weighted by Gasteiger charge is 1.95. The monoisotopic (exact) mass is 351 g/mol. The molecule has 0 aliphatic rings. The zero-order chi connectivity index (χ0) is 18.3. The quantitative estimate of drug-likeness (QED) is 0.140. The molecule has 1 nitrogen and oxygen atoms in total. The summed E-state index contributed by atoms with van der Waals surface area (Å²) in [6.45, 7) is 5.70. The summed E-state index contributed by atoms with van der Waals surface area (Å²) in [6.07, 6.45) is 30.1. The first-order valence-corrected chi connectivity index (χ1v) is 11.4. The van der Waals surface area contributed by atoms with Crippen LogP contribution in [0.1, 0.15) is 128 Å². The Kier molecular flexibility index (Phi) is 23.4. The van der Waals surface area contributed by atoms with Gasteiger partial charge in [-0.25, -0.2) is 0 Å². The van der Waals surface area contributed by atoms with E-state index in [-0.39, 0.29) is 0 Å². The van der Waals surface area contributed by atoms with Crippen molar-refractivity contribution in [2.45, 2.75) is 128 Å². The number of hydrogen-bond donors (Lipinski definition) is 0. The topological polar surface area (TPSA) is 9.23 Å². The Morgan fingerprint density at radius 3 is 1.04 bits per heavy atom. The van der Waals surface area contributed by atoms with E-state index in [0.29, 0.717) is 0 Å². The summed E-state index contributed by atoms with van der Waals surface area (Å²) in [5.74, 6) is 0. The lowest BCUT2D eigenvalue weighted by atomic mass is 10.0. The molecule has 25 heavy (non-hydrogen) atoms. The van der Waals surface area contributed by atoms with Crippen LogP contribution in [0.5, 0.6) is 0 Å². The lowest BCUT2D eigenvalue weighted by Gasteiger charge is -2.04. The molecule has 0 saturated heterocycles. The minimum Gasteiger partial charge on any atom is -0.379 e. The van der Waals surface area contributed by atoms with Crippen LogP contribution in [0.2, 0.25) is 0 Å². The molecule has 0 bridgehead atoms. The van der Waals surface area contributed by atoms with Gasteiger partial charge in [0.15, 0.2) is 0 Å². The van der Waals surface area contributed by atoms with E-state index in [0.717, 1.165) is 6.42 Å². The van der Waals surface area contributed by atoms with Crippen molar-refractivity contribution in [1.29, 1.82) is 0 Å². The molecule has 149 valence electrons. The van der Waals surface area contributed by atoms with Gasteiger partial charge in [-0.15, -0.1) is 6.58 Å². The van der Waals surface area contributed by atoms with Crippen molar-refractivity contribution in [3.8, 4) is 0 Å². The lowest BCUT2D eigenvalue weighted by Crippen LogP contribution is -1.84. The maximum atomic E-state index is 4.95. The van der Waals surface area contributed by atoms with Crippen LogP contribution >= 0.6 is 0 Å². The summed E-state index contributed by atoms with van der Waals surface area (Å²) in [5, 5.41) is 0. The van der Waals surface area contributed by atoms with Crippen LogP contribution in [0, 0.1) is 6.61 Å². The van der Waals surface area contributed by atoms with Crippen molar-refractivity contribution in [2.24, 2.45) is 0 Å². The van der Waals surface area contributed by atoms with E-state index in [4.69, 9.17) is 4.74 Å². The van der Waals surface area contributed by atoms with Gasteiger partial charge in [0, 0.05) is 7.11 Å². The Labute approximate surface area is 160 Å². The highest BCUT2D eigenvalue weighted by atomic mass is 16.5. The Morgan fingerprint density at radius 2 is 0.760 bits per heavy atom. The molecule has 0 fully saturated rings. The van der Waals surface area contributed by atoms with Crippen molar-refractivity contribution in [3.63, 3.8) is 0 Å². The number of methoxy groups -OCH3 is 1. The molecule has 0 N–H and O–H groups in total. The summed E-state index contributed by atoms with van der Waals surface area (Å²) in [5.41, 5.74) is 0. The van der Waals surface area contributed by atoms with Crippen LogP contribution < -0.4 is 0 Å². The molecule has 0 spiro atoms. The van der Waals surface area contributed by atoms with E-state index in [1.165, 1.54) is 122 Å². The summed E-state index contributed by atoms with van der Waals surface area (Å²) in [4.78, 5) is 0. The second-order valence-electron chi connectivity index (χ2n) is 7.63. The van der Waals surface area contributed by atoms with Crippen LogP contribution in [0.3, 0.4) is 0 Å². The molecule has 1 radical (unpaired) electrons. The van der Waals surface area contributed by atoms with Crippen molar-refractivity contribution in [1.82, 2.24) is 0 Å². The first kappa shape index (κ1) is 24.7. The number of rotatable bonds is 22. The van der Waals surface area contributed by atoms with Gasteiger partial charge < -0.3 is 4.74 Å². The predicted octanol–water partition coefficient (Wildman–Crippen LogP) is 8.78. The average molecular weight is 352 g/mol. The smallest absolute Gasteiger partial charge is 0.0832 e. The number of ether oxygens (including phenoxy) is 1. The van der Waals surface area contributed by atoms with Gasteiger partial charge in [-0.2, -0.15) is 0 Å². The molecule has 1 heteroatoms. The van der Waals surface area contributed by atoms with Gasteiger partial charge in [-0.05, 0) is 19.3 Å². The Bertz CT molecular complexity index is 236. The van der Waals surface area contributed by atoms with Crippen molar-refractivity contribution < 1.29 is 4.74 Å². The van der Waals surface area contributed by atoms with Crippen molar-refractivity contribution >= 4 is 0 Å². The maximum absolute atomic E-state index is 4.95. The van der Waals surface area contributed by atoms with Gasteiger partial charge in [-0.1, -0.05) is 115 Å². The fraction of sp³-hybridized carbons (Fsp3) is 0.875. The third kappa shape index (κ3) is 23.7. The molecular weight excluding hydrogens is 304 g/mol. The van der Waals surface area contributed by atoms with Crippen LogP contribution in [-0.2, 0) is 4.74 Å². The second kappa shape index (κ2) is 23.7. The van der Waals surface area contributed by atoms with E-state index in [1.807, 2.05) is 12.7 Å². The first-order chi connectivity index (χ1) is 12.4. The minimum absolute atomic E-state index is 1.12. The number of unbranched alkanes of at least 4 members (excludes halogenated alkanes) is 19. The Morgan fingerprint density at radius 1 is 0.480 bits per heavy atom. The number of hydrogen-bond acceptors (Lipinski definition) is 1. The van der Waals surface area contributed by atoms with E-state index < -0.39 is 0 Å². The van der Waals surface area contributed by atoms with Crippen LogP contribution in [0.25, 0.3) is 0 Å². The summed E-state index contributed by atoms with van der Waals surface area (Å²) >= 11 is 0. The molecule has 0 aliphatic heterocycles. The molecule has 0 unspecified atom stereocenters. The lowest BCUT2D eigenvalue weighted by molar-refractivity contribution is 0.262. The Hall–Kier alpha value is -0.300. The van der Waals surface area contributed by atoms with Gasteiger partial charge in [-0.3, -0.25) is 0 Å². The fourth-order valence-corrected chi connectivity index (χ4v) is 3.46. The summed E-state index contributed by atoms with van der Waals surface area (Å²) in [7, 11) is 1.74. The van der Waals surface area contributed by atoms with Gasteiger partial charge in [0.2, 0.25) is 0 Å². The zero-order valence-corrected chi connectivity index (χ0v) is 17.4. The third-order valence-electron chi connectivity index (χ3n) is 5.15. The molecule has 0 saturated carbocycles. The number of allylic oxidation sites excluding steroid dienone is 1. The van der Waals surface area contributed by atoms with Gasteiger partial charge in [0.25, 0.3) is 0 Å². The van der Waals surface area contributed by atoms with Crippen molar-refractivity contribution in [3.05, 3.63) is 19.3 Å². The first-order valence-electron chi connectivity index (χ1n) is 11.4. The highest BCUT2D eigenvalue weighted by Crippen LogP contribution is 2.14. The molecule has 0 aromatic rings. The molecular formula is C24H47O. The van der Waals surface area contributed by atoms with Crippen LogP contribution in [0.4, 0.5) is 0 Å². The predicted molar refractivity (Wildman–Crippen MR) is 114 cm³/mol. The molecule has 0 rings (SSSR count). The molecule has 0 aromatic heterocycles. The summed E-state index contributed by atoms with van der Waals surface area (Å²) < 4.78 is 4.95. The molecule has 0 heterocycles. The average Bonchev–Trinajstić information content (AvgIpc) is 2.63. The van der Waals surface area contributed by atoms with Gasteiger partial charge in [0.05, 0.1) is 6.61 Å². The standard InChI is InChI=1S/C24H47O/c1-3-4-5-6-7-8-9-10-11-12-13-14-15-16-17-18-19-20-21-22-23-24-25-2/h3,24H,1,4-23H2,2H3. The molecule has 0 aliphatic carbocycles. The van der Waals surface area contributed by atoms with E-state index in [1.54, 1.807) is 7.11 Å². The summed E-state index contributed by atoms with van der Waals surface area (Å²) in [6, 6.07) is 0. The molecule has 0 aromatic carbocycles. The highest BCUT2D eigenvalue weighted by molar-refractivity contribution is 4.65. The third-order valence-corrected chi connectivity index (χ3v) is 5.15.